The predicted octanol–water partition coefficient (Wildman–Crippen LogP) is 1.13. The fraction of sp³-hybridized carbons (Fsp3) is 0.500. The number of nitrogens with zero attached hydrogens (tertiary/aromatic N) is 2. The second-order valence-corrected chi connectivity index (χ2v) is 11.6. The van der Waals surface area contributed by atoms with Gasteiger partial charge in [-0.25, -0.2) is 9.59 Å². The molecule has 214 valence electrons. The molecule has 0 aromatic heterocycles. The zero-order valence-corrected chi connectivity index (χ0v) is 22.9. The average molecular weight is 554 g/mol. The van der Waals surface area contributed by atoms with Gasteiger partial charge >= 0.3 is 12.0 Å². The third-order valence-electron chi connectivity index (χ3n) is 7.90. The van der Waals surface area contributed by atoms with Crippen LogP contribution in [0.15, 0.2) is 36.9 Å². The zero-order valence-electron chi connectivity index (χ0n) is 22.9. The number of nitrogens with one attached hydrogen (secondary N) is 3. The van der Waals surface area contributed by atoms with E-state index in [1.165, 1.54) is 11.0 Å². The smallest absolute Gasteiger partial charge is 0.330 e. The van der Waals surface area contributed by atoms with Crippen LogP contribution < -0.4 is 16.0 Å². The van der Waals surface area contributed by atoms with Gasteiger partial charge in [-0.3, -0.25) is 24.1 Å². The van der Waals surface area contributed by atoms with Gasteiger partial charge < -0.3 is 26.0 Å². The molecule has 0 spiro atoms. The molecule has 40 heavy (non-hydrogen) atoms. The van der Waals surface area contributed by atoms with Gasteiger partial charge in [0.15, 0.2) is 0 Å². The Labute approximate surface area is 232 Å². The molecule has 2 fully saturated rings. The quantitative estimate of drug-likeness (QED) is 0.263. The third-order valence-corrected chi connectivity index (χ3v) is 7.90. The highest BCUT2D eigenvalue weighted by atomic mass is 16.4. The van der Waals surface area contributed by atoms with Crippen molar-refractivity contribution >= 4 is 35.6 Å². The van der Waals surface area contributed by atoms with Crippen LogP contribution in [0.1, 0.15) is 60.7 Å². The van der Waals surface area contributed by atoms with Gasteiger partial charge in [-0.15, -0.1) is 6.58 Å². The number of benzene rings is 1. The normalized spacial score (nSPS) is 24.3. The van der Waals surface area contributed by atoms with Crippen LogP contribution in [-0.2, 0) is 14.4 Å². The Balaban J connectivity index is 1.33. The fourth-order valence-corrected chi connectivity index (χ4v) is 5.25. The van der Waals surface area contributed by atoms with E-state index in [0.717, 1.165) is 4.90 Å². The van der Waals surface area contributed by atoms with Crippen LogP contribution in [0.4, 0.5) is 4.79 Å². The number of likely N-dealkylation sites (tertiary alicyclic amines) is 1. The van der Waals surface area contributed by atoms with Crippen molar-refractivity contribution in [3.05, 3.63) is 48.0 Å². The lowest BCUT2D eigenvalue weighted by Crippen LogP contribution is -2.56. The molecule has 0 radical (unpaired) electrons. The van der Waals surface area contributed by atoms with Crippen molar-refractivity contribution in [2.75, 3.05) is 19.6 Å². The molecule has 2 heterocycles. The summed E-state index contributed by atoms with van der Waals surface area (Å²) < 4.78 is 0. The van der Waals surface area contributed by atoms with E-state index in [2.05, 4.69) is 22.5 Å². The number of carbonyl (C=O) groups is 6. The van der Waals surface area contributed by atoms with Crippen LogP contribution in [0.2, 0.25) is 0 Å². The van der Waals surface area contributed by atoms with Crippen molar-refractivity contribution in [3.63, 3.8) is 0 Å². The van der Waals surface area contributed by atoms with E-state index in [4.69, 9.17) is 0 Å². The summed E-state index contributed by atoms with van der Waals surface area (Å²) in [5, 5.41) is 17.4. The average Bonchev–Trinajstić information content (AvgIpc) is 3.29. The molecule has 4 N–H and O–H groups in total. The second-order valence-electron chi connectivity index (χ2n) is 11.6. The number of carboxylic acid groups (broad SMARTS) is 1. The first-order chi connectivity index (χ1) is 18.8. The molecule has 3 aliphatic rings. The van der Waals surface area contributed by atoms with Gasteiger partial charge in [0.25, 0.3) is 11.8 Å². The van der Waals surface area contributed by atoms with Crippen LogP contribution in [0, 0.1) is 11.3 Å². The summed E-state index contributed by atoms with van der Waals surface area (Å²) in [7, 11) is 0. The highest BCUT2D eigenvalue weighted by molar-refractivity contribution is 6.21. The highest BCUT2D eigenvalue weighted by Crippen LogP contribution is 2.44. The first-order valence-electron chi connectivity index (χ1n) is 13.3. The van der Waals surface area contributed by atoms with Crippen molar-refractivity contribution in [2.45, 2.75) is 57.7 Å². The number of amides is 6. The molecular formula is C28H35N5O7. The number of urea groups is 1. The van der Waals surface area contributed by atoms with Gasteiger partial charge in [-0.1, -0.05) is 39.0 Å². The number of rotatable bonds is 9. The van der Waals surface area contributed by atoms with Crippen LogP contribution >= 0.6 is 0 Å². The summed E-state index contributed by atoms with van der Waals surface area (Å²) in [6.45, 7) is 9.04. The number of hydrogen-bond acceptors (Lipinski definition) is 6. The maximum Gasteiger partial charge on any atom is 0.330 e. The van der Waals surface area contributed by atoms with E-state index >= 15 is 0 Å². The summed E-state index contributed by atoms with van der Waals surface area (Å²) in [5.41, 5.74) is -1.30. The Morgan fingerprint density at radius 1 is 1.15 bits per heavy atom. The Bertz CT molecular complexity index is 1240. The first kappa shape index (κ1) is 28.8. The predicted molar refractivity (Wildman–Crippen MR) is 143 cm³/mol. The molecule has 12 nitrogen and oxygen atoms in total. The Morgan fingerprint density at radius 3 is 2.30 bits per heavy atom. The molecule has 6 amide bonds. The maximum atomic E-state index is 12.9. The standard InChI is InChI=1S/C28H35N5O7/c1-5-16-13-28(16,25(38)39)31-22(35)19-11-8-12-32(19)21(34)14-29-26(40)30-20(27(2,3)4)15-33-23(36)17-9-6-7-10-18(17)24(33)37/h5-7,9-10,16,19-20H,1,8,11-15H2,2-4H3,(H,31,35)(H,38,39)(H2,29,30,40)/t16?,19-,20?,28+/m0/s1. The molecule has 2 aliphatic heterocycles. The molecule has 4 atom stereocenters. The maximum absolute atomic E-state index is 12.9. The van der Waals surface area contributed by atoms with E-state index in [-0.39, 0.29) is 18.9 Å². The highest BCUT2D eigenvalue weighted by Gasteiger charge is 2.61. The Morgan fingerprint density at radius 2 is 1.77 bits per heavy atom. The summed E-state index contributed by atoms with van der Waals surface area (Å²) in [4.78, 5) is 78.5. The lowest BCUT2D eigenvalue weighted by atomic mass is 9.86. The van der Waals surface area contributed by atoms with Gasteiger partial charge in [0.05, 0.1) is 30.3 Å². The Hall–Kier alpha value is -4.22. The summed E-state index contributed by atoms with van der Waals surface area (Å²) in [5.74, 6) is -3.41. The van der Waals surface area contributed by atoms with E-state index in [1.54, 1.807) is 24.3 Å². The third kappa shape index (κ3) is 5.43. The second kappa shape index (κ2) is 10.7. The number of aliphatic carboxylic acids is 1. The lowest BCUT2D eigenvalue weighted by Gasteiger charge is -2.34. The molecule has 1 saturated heterocycles. The number of hydrogen-bond donors (Lipinski definition) is 4. The van der Waals surface area contributed by atoms with E-state index in [0.29, 0.717) is 30.5 Å². The lowest BCUT2D eigenvalue weighted by molar-refractivity contribution is -0.145. The van der Waals surface area contributed by atoms with Gasteiger partial charge in [0, 0.05) is 12.5 Å². The molecule has 12 heteroatoms. The molecular weight excluding hydrogens is 518 g/mol. The van der Waals surface area contributed by atoms with Crippen molar-refractivity contribution in [3.8, 4) is 0 Å². The van der Waals surface area contributed by atoms with Crippen molar-refractivity contribution in [1.29, 1.82) is 0 Å². The molecule has 1 saturated carbocycles. The van der Waals surface area contributed by atoms with Crippen molar-refractivity contribution in [1.82, 2.24) is 25.8 Å². The number of imide groups is 1. The minimum absolute atomic E-state index is 0.0530. The van der Waals surface area contributed by atoms with Gasteiger partial charge in [-0.2, -0.15) is 0 Å². The molecule has 2 unspecified atom stereocenters. The molecule has 1 aromatic carbocycles. The van der Waals surface area contributed by atoms with Crippen LogP contribution in [-0.4, -0.2) is 87.8 Å². The zero-order chi connectivity index (χ0) is 29.4. The molecule has 1 aliphatic carbocycles. The van der Waals surface area contributed by atoms with Crippen LogP contribution in [0.3, 0.4) is 0 Å². The molecule has 1 aromatic rings. The van der Waals surface area contributed by atoms with Crippen molar-refractivity contribution in [2.24, 2.45) is 11.3 Å². The van der Waals surface area contributed by atoms with E-state index in [1.807, 2.05) is 20.8 Å². The number of carboxylic acids is 1. The van der Waals surface area contributed by atoms with Gasteiger partial charge in [-0.05, 0) is 36.8 Å². The van der Waals surface area contributed by atoms with E-state index in [9.17, 15) is 33.9 Å². The van der Waals surface area contributed by atoms with Gasteiger partial charge in [0.1, 0.15) is 11.6 Å². The molecule has 0 bridgehead atoms. The van der Waals surface area contributed by atoms with Crippen LogP contribution in [0.25, 0.3) is 0 Å². The Kier molecular flexibility index (Phi) is 7.73. The van der Waals surface area contributed by atoms with Crippen LogP contribution in [0.5, 0.6) is 0 Å². The largest absolute Gasteiger partial charge is 0.479 e. The van der Waals surface area contributed by atoms with Gasteiger partial charge in [0.2, 0.25) is 11.8 Å². The number of fused-ring (bicyclic) bond motifs is 1. The summed E-state index contributed by atoms with van der Waals surface area (Å²) in [6.07, 6.45) is 2.68. The first-order valence-corrected chi connectivity index (χ1v) is 13.3. The topological polar surface area (TPSA) is 165 Å². The number of carbonyl (C=O) groups excluding carboxylic acids is 5. The SMILES string of the molecule is C=CC1C[C@]1(NC(=O)[C@@H]1CCCN1C(=O)CNC(=O)NC(CN1C(=O)c2ccccc2C1=O)C(C)(C)C)C(=O)O. The monoisotopic (exact) mass is 553 g/mol. The molecule has 4 rings (SSSR count). The fourth-order valence-electron chi connectivity index (χ4n) is 5.25. The summed E-state index contributed by atoms with van der Waals surface area (Å²) >= 11 is 0. The summed E-state index contributed by atoms with van der Waals surface area (Å²) in [6, 6.07) is 4.41. The van der Waals surface area contributed by atoms with Crippen molar-refractivity contribution < 1.29 is 33.9 Å². The minimum atomic E-state index is -1.39. The minimum Gasteiger partial charge on any atom is -0.479 e. The van der Waals surface area contributed by atoms with E-state index < -0.39 is 65.2 Å².